The highest BCUT2D eigenvalue weighted by Gasteiger charge is 2.27. The Morgan fingerprint density at radius 1 is 0.857 bits per heavy atom. The molecule has 1 saturated carbocycles. The average molecular weight is 380 g/mol. The number of carbonyl (C=O) groups is 2. The van der Waals surface area contributed by atoms with Crippen molar-refractivity contribution in [3.05, 3.63) is 59.7 Å². The summed E-state index contributed by atoms with van der Waals surface area (Å²) in [5.41, 5.74) is 1.52. The monoisotopic (exact) mass is 380 g/mol. The minimum absolute atomic E-state index is 0.0146. The van der Waals surface area contributed by atoms with Crippen LogP contribution in [-0.2, 0) is 4.79 Å². The van der Waals surface area contributed by atoms with E-state index in [4.69, 9.17) is 9.47 Å². The van der Waals surface area contributed by atoms with Crippen LogP contribution in [0.15, 0.2) is 48.5 Å². The molecule has 4 heteroatoms. The highest BCUT2D eigenvalue weighted by atomic mass is 16.5. The lowest BCUT2D eigenvalue weighted by Gasteiger charge is -2.26. The van der Waals surface area contributed by atoms with Crippen LogP contribution >= 0.6 is 0 Å². The van der Waals surface area contributed by atoms with Crippen molar-refractivity contribution in [3.8, 4) is 11.5 Å². The van der Waals surface area contributed by atoms with Crippen LogP contribution in [0.3, 0.4) is 0 Å². The van der Waals surface area contributed by atoms with Gasteiger partial charge < -0.3 is 9.47 Å². The lowest BCUT2D eigenvalue weighted by Crippen LogP contribution is -2.25. The first-order valence-corrected chi connectivity index (χ1v) is 10.2. The Balaban J connectivity index is 1.52. The SMILES string of the molecule is CCCC1CCC(C(=O)Oc2ccc(C(=O)Oc3ccc(C)cc3)cc2)CC1. The van der Waals surface area contributed by atoms with Gasteiger partial charge in [0.05, 0.1) is 11.5 Å². The fraction of sp³-hybridized carbons (Fsp3) is 0.417. The Hall–Kier alpha value is -2.62. The van der Waals surface area contributed by atoms with E-state index in [2.05, 4.69) is 6.92 Å². The Kier molecular flexibility index (Phi) is 6.85. The van der Waals surface area contributed by atoms with Crippen molar-refractivity contribution in [2.24, 2.45) is 11.8 Å². The van der Waals surface area contributed by atoms with Crippen molar-refractivity contribution >= 4 is 11.9 Å². The first-order chi connectivity index (χ1) is 13.5. The molecule has 0 aliphatic heterocycles. The predicted molar refractivity (Wildman–Crippen MR) is 109 cm³/mol. The molecule has 0 N–H and O–H groups in total. The summed E-state index contributed by atoms with van der Waals surface area (Å²) in [6.45, 7) is 4.18. The summed E-state index contributed by atoms with van der Waals surface area (Å²) < 4.78 is 10.9. The third-order valence-electron chi connectivity index (χ3n) is 5.42. The molecule has 28 heavy (non-hydrogen) atoms. The molecule has 1 aliphatic carbocycles. The average Bonchev–Trinajstić information content (AvgIpc) is 2.71. The van der Waals surface area contributed by atoms with Gasteiger partial charge in [0.1, 0.15) is 11.5 Å². The van der Waals surface area contributed by atoms with Crippen LogP contribution in [0, 0.1) is 18.8 Å². The zero-order chi connectivity index (χ0) is 19.9. The number of hydrogen-bond donors (Lipinski definition) is 0. The molecular formula is C24H28O4. The van der Waals surface area contributed by atoms with Crippen molar-refractivity contribution in [2.45, 2.75) is 52.4 Å². The normalized spacial score (nSPS) is 19.1. The molecule has 0 saturated heterocycles. The van der Waals surface area contributed by atoms with Crippen LogP contribution in [0.25, 0.3) is 0 Å². The van der Waals surface area contributed by atoms with Gasteiger partial charge in [-0.1, -0.05) is 37.5 Å². The summed E-state index contributed by atoms with van der Waals surface area (Å²) in [6, 6.07) is 13.8. The molecule has 1 aliphatic rings. The Morgan fingerprint density at radius 3 is 2.04 bits per heavy atom. The number of esters is 2. The van der Waals surface area contributed by atoms with Gasteiger partial charge in [-0.2, -0.15) is 0 Å². The molecule has 2 aromatic carbocycles. The minimum Gasteiger partial charge on any atom is -0.426 e. The summed E-state index contributed by atoms with van der Waals surface area (Å²) >= 11 is 0. The maximum Gasteiger partial charge on any atom is 0.343 e. The van der Waals surface area contributed by atoms with Gasteiger partial charge in [0.2, 0.25) is 0 Å². The third kappa shape index (κ3) is 5.44. The second-order valence-corrected chi connectivity index (χ2v) is 7.65. The molecule has 2 aromatic rings. The molecule has 1 fully saturated rings. The van der Waals surface area contributed by atoms with Gasteiger partial charge in [-0.05, 0) is 74.9 Å². The molecule has 0 amide bonds. The van der Waals surface area contributed by atoms with Gasteiger partial charge in [-0.3, -0.25) is 4.79 Å². The largest absolute Gasteiger partial charge is 0.426 e. The van der Waals surface area contributed by atoms with Gasteiger partial charge in [-0.25, -0.2) is 4.79 Å². The highest BCUT2D eigenvalue weighted by Crippen LogP contribution is 2.32. The topological polar surface area (TPSA) is 52.6 Å². The fourth-order valence-corrected chi connectivity index (χ4v) is 3.73. The van der Waals surface area contributed by atoms with Gasteiger partial charge >= 0.3 is 11.9 Å². The van der Waals surface area contributed by atoms with E-state index in [1.54, 1.807) is 36.4 Å². The minimum atomic E-state index is -0.434. The molecular weight excluding hydrogens is 352 g/mol. The lowest BCUT2D eigenvalue weighted by molar-refractivity contribution is -0.140. The molecule has 0 radical (unpaired) electrons. The predicted octanol–water partition coefficient (Wildman–Crippen LogP) is 5.73. The van der Waals surface area contributed by atoms with E-state index in [0.717, 1.165) is 37.2 Å². The number of carbonyl (C=O) groups excluding carboxylic acids is 2. The molecule has 3 rings (SSSR count). The summed E-state index contributed by atoms with van der Waals surface area (Å²) in [7, 11) is 0. The van der Waals surface area contributed by atoms with Crippen molar-refractivity contribution in [1.82, 2.24) is 0 Å². The molecule has 0 spiro atoms. The van der Waals surface area contributed by atoms with E-state index in [1.807, 2.05) is 19.1 Å². The fourth-order valence-electron chi connectivity index (χ4n) is 3.73. The quantitative estimate of drug-likeness (QED) is 0.475. The summed E-state index contributed by atoms with van der Waals surface area (Å²) in [5.74, 6) is 1.12. The number of hydrogen-bond acceptors (Lipinski definition) is 4. The van der Waals surface area contributed by atoms with Crippen molar-refractivity contribution < 1.29 is 19.1 Å². The molecule has 0 aromatic heterocycles. The summed E-state index contributed by atoms with van der Waals surface area (Å²) in [4.78, 5) is 24.6. The van der Waals surface area contributed by atoms with Gasteiger partial charge in [-0.15, -0.1) is 0 Å². The molecule has 148 valence electrons. The second kappa shape index (κ2) is 9.54. The van der Waals surface area contributed by atoms with E-state index in [9.17, 15) is 9.59 Å². The number of benzene rings is 2. The third-order valence-corrected chi connectivity index (χ3v) is 5.42. The van der Waals surface area contributed by atoms with Gasteiger partial charge in [0.15, 0.2) is 0 Å². The van der Waals surface area contributed by atoms with Crippen LogP contribution in [0.2, 0.25) is 0 Å². The van der Waals surface area contributed by atoms with Crippen LogP contribution in [0.4, 0.5) is 0 Å². The molecule has 0 bridgehead atoms. The van der Waals surface area contributed by atoms with Crippen LogP contribution in [0.1, 0.15) is 61.4 Å². The smallest absolute Gasteiger partial charge is 0.343 e. The van der Waals surface area contributed by atoms with E-state index in [0.29, 0.717) is 17.1 Å². The Bertz CT molecular complexity index is 784. The highest BCUT2D eigenvalue weighted by molar-refractivity contribution is 5.91. The van der Waals surface area contributed by atoms with Crippen molar-refractivity contribution in [1.29, 1.82) is 0 Å². The van der Waals surface area contributed by atoms with Crippen LogP contribution < -0.4 is 9.47 Å². The molecule has 0 atom stereocenters. The van der Waals surface area contributed by atoms with Gasteiger partial charge in [0, 0.05) is 0 Å². The first kappa shape index (κ1) is 20.1. The van der Waals surface area contributed by atoms with Gasteiger partial charge in [0.25, 0.3) is 0 Å². The van der Waals surface area contributed by atoms with E-state index in [-0.39, 0.29) is 11.9 Å². The zero-order valence-electron chi connectivity index (χ0n) is 16.6. The standard InChI is InChI=1S/C24H28O4/c1-3-4-18-7-9-19(10-8-18)23(25)28-22-15-11-20(12-16-22)24(26)27-21-13-5-17(2)6-14-21/h5-6,11-16,18-19H,3-4,7-10H2,1-2H3. The van der Waals surface area contributed by atoms with Crippen LogP contribution in [0.5, 0.6) is 11.5 Å². The first-order valence-electron chi connectivity index (χ1n) is 10.2. The number of aryl methyl sites for hydroxylation is 1. The second-order valence-electron chi connectivity index (χ2n) is 7.65. The lowest BCUT2D eigenvalue weighted by atomic mass is 9.80. The summed E-state index contributed by atoms with van der Waals surface area (Å²) in [6.07, 6.45) is 6.49. The number of rotatable bonds is 6. The van der Waals surface area contributed by atoms with E-state index in [1.165, 1.54) is 12.8 Å². The van der Waals surface area contributed by atoms with Crippen molar-refractivity contribution in [3.63, 3.8) is 0 Å². The summed E-state index contributed by atoms with van der Waals surface area (Å²) in [5, 5.41) is 0. The van der Waals surface area contributed by atoms with E-state index >= 15 is 0 Å². The zero-order valence-corrected chi connectivity index (χ0v) is 16.6. The Labute approximate surface area is 166 Å². The maximum absolute atomic E-state index is 12.4. The Morgan fingerprint density at radius 2 is 1.43 bits per heavy atom. The number of ether oxygens (including phenoxy) is 2. The van der Waals surface area contributed by atoms with E-state index < -0.39 is 5.97 Å². The molecule has 0 unspecified atom stereocenters. The maximum atomic E-state index is 12.4. The van der Waals surface area contributed by atoms with Crippen LogP contribution in [-0.4, -0.2) is 11.9 Å². The molecule has 0 heterocycles. The van der Waals surface area contributed by atoms with Crippen molar-refractivity contribution in [2.75, 3.05) is 0 Å². The molecule has 4 nitrogen and oxygen atoms in total.